The predicted octanol–water partition coefficient (Wildman–Crippen LogP) is 4.73. The Morgan fingerprint density at radius 2 is 2.04 bits per heavy atom. The van der Waals surface area contributed by atoms with Crippen LogP contribution in [-0.4, -0.2) is 41.0 Å². The maximum absolute atomic E-state index is 12.2. The Balaban J connectivity index is 2.14. The molecule has 2 aromatic rings. The second-order valence-corrected chi connectivity index (χ2v) is 6.60. The van der Waals surface area contributed by atoms with Gasteiger partial charge in [0, 0.05) is 36.1 Å². The second kappa shape index (κ2) is 8.86. The molecule has 0 N–H and O–H groups in total. The summed E-state index contributed by atoms with van der Waals surface area (Å²) in [6.07, 6.45) is -0.935. The van der Waals surface area contributed by atoms with Crippen LogP contribution >= 0.6 is 23.2 Å². The Morgan fingerprint density at radius 1 is 1.33 bits per heavy atom. The van der Waals surface area contributed by atoms with Gasteiger partial charge in [0.2, 0.25) is 5.88 Å². The van der Waals surface area contributed by atoms with Crippen LogP contribution < -0.4 is 4.74 Å². The van der Waals surface area contributed by atoms with E-state index in [1.807, 2.05) is 11.8 Å². The van der Waals surface area contributed by atoms with Crippen LogP contribution in [0.4, 0.5) is 13.2 Å². The van der Waals surface area contributed by atoms with Gasteiger partial charge in [0.25, 0.3) is 0 Å². The number of pyridine rings is 2. The number of carbonyl (C=O) groups excluding carboxylic acids is 1. The fourth-order valence-electron chi connectivity index (χ4n) is 2.31. The average Bonchev–Trinajstić information content (AvgIpc) is 2.60. The van der Waals surface area contributed by atoms with Crippen LogP contribution in [-0.2, 0) is 6.54 Å². The Kier molecular flexibility index (Phi) is 7.02. The van der Waals surface area contributed by atoms with Gasteiger partial charge in [-0.1, -0.05) is 23.2 Å². The molecule has 10 heteroatoms. The van der Waals surface area contributed by atoms with Crippen LogP contribution in [0.1, 0.15) is 34.5 Å². The minimum atomic E-state index is -4.48. The Hall–Kier alpha value is -1.90. The number of carbonyl (C=O) groups is 1. The van der Waals surface area contributed by atoms with E-state index >= 15 is 0 Å². The van der Waals surface area contributed by atoms with Gasteiger partial charge < -0.3 is 4.74 Å². The maximum atomic E-state index is 12.2. The highest BCUT2D eigenvalue weighted by atomic mass is 35.5. The summed E-state index contributed by atoms with van der Waals surface area (Å²) in [6, 6.07) is 2.84. The number of hydrogen-bond donors (Lipinski definition) is 0. The summed E-state index contributed by atoms with van der Waals surface area (Å²) in [4.78, 5) is 20.9. The standard InChI is InChI=1S/C17H16Cl2F3N3O2/c1-10(25(2)7-13-11(8-26)3-4-23-15(13)19)12-5-14(18)16(24-6-12)27-9-17(20,21)22/h3-6,8,10H,7,9H2,1-2H3. The molecule has 0 amide bonds. The van der Waals surface area contributed by atoms with Gasteiger partial charge in [-0.05, 0) is 31.7 Å². The molecule has 0 bridgehead atoms. The van der Waals surface area contributed by atoms with Crippen molar-refractivity contribution in [2.75, 3.05) is 13.7 Å². The molecule has 5 nitrogen and oxygen atoms in total. The molecule has 0 aliphatic carbocycles. The highest BCUT2D eigenvalue weighted by Crippen LogP contribution is 2.30. The van der Waals surface area contributed by atoms with E-state index in [4.69, 9.17) is 23.2 Å². The maximum Gasteiger partial charge on any atom is 0.422 e. The number of alkyl halides is 3. The number of aldehydes is 1. The van der Waals surface area contributed by atoms with Crippen molar-refractivity contribution >= 4 is 29.5 Å². The van der Waals surface area contributed by atoms with Gasteiger partial charge in [-0.3, -0.25) is 9.69 Å². The molecule has 146 valence electrons. The van der Waals surface area contributed by atoms with Crippen molar-refractivity contribution in [3.63, 3.8) is 0 Å². The molecule has 27 heavy (non-hydrogen) atoms. The summed E-state index contributed by atoms with van der Waals surface area (Å²) in [6.45, 7) is 0.711. The Morgan fingerprint density at radius 3 is 2.63 bits per heavy atom. The van der Waals surface area contributed by atoms with Crippen LogP contribution in [0.2, 0.25) is 10.2 Å². The van der Waals surface area contributed by atoms with Gasteiger partial charge in [0.05, 0.1) is 0 Å². The molecular weight excluding hydrogens is 406 g/mol. The lowest BCUT2D eigenvalue weighted by molar-refractivity contribution is -0.154. The zero-order chi connectivity index (χ0) is 20.2. The minimum absolute atomic E-state index is 0.0232. The molecule has 2 heterocycles. The fraction of sp³-hybridized carbons (Fsp3) is 0.353. The zero-order valence-electron chi connectivity index (χ0n) is 14.4. The third-order valence-corrected chi connectivity index (χ3v) is 4.52. The molecule has 0 aliphatic rings. The monoisotopic (exact) mass is 421 g/mol. The Bertz CT molecular complexity index is 818. The highest BCUT2D eigenvalue weighted by Gasteiger charge is 2.29. The summed E-state index contributed by atoms with van der Waals surface area (Å²) in [5, 5.41) is 0.204. The second-order valence-electron chi connectivity index (χ2n) is 5.84. The van der Waals surface area contributed by atoms with Gasteiger partial charge in [-0.25, -0.2) is 9.97 Å². The van der Waals surface area contributed by atoms with Crippen LogP contribution in [0.5, 0.6) is 5.88 Å². The molecule has 0 fully saturated rings. The van der Waals surface area contributed by atoms with Crippen molar-refractivity contribution in [1.29, 1.82) is 0 Å². The molecule has 1 atom stereocenters. The van der Waals surface area contributed by atoms with Gasteiger partial charge in [0.1, 0.15) is 10.2 Å². The Labute approximate surface area is 164 Å². The van der Waals surface area contributed by atoms with E-state index in [2.05, 4.69) is 14.7 Å². The smallest absolute Gasteiger partial charge is 0.422 e. The minimum Gasteiger partial charge on any atom is -0.467 e. The highest BCUT2D eigenvalue weighted by molar-refractivity contribution is 6.31. The van der Waals surface area contributed by atoms with Crippen LogP contribution in [0.3, 0.4) is 0 Å². The number of nitrogens with zero attached hydrogens (tertiary/aromatic N) is 3. The van der Waals surface area contributed by atoms with Crippen LogP contribution in [0.15, 0.2) is 24.5 Å². The zero-order valence-corrected chi connectivity index (χ0v) is 15.9. The van der Waals surface area contributed by atoms with E-state index in [-0.39, 0.29) is 22.1 Å². The number of rotatable bonds is 7. The normalized spacial score (nSPS) is 12.9. The van der Waals surface area contributed by atoms with Gasteiger partial charge in [-0.15, -0.1) is 0 Å². The quantitative estimate of drug-likeness (QED) is 0.477. The lowest BCUT2D eigenvalue weighted by Gasteiger charge is -2.26. The van der Waals surface area contributed by atoms with Crippen molar-refractivity contribution in [2.45, 2.75) is 25.7 Å². The predicted molar refractivity (Wildman–Crippen MR) is 95.3 cm³/mol. The van der Waals surface area contributed by atoms with Crippen molar-refractivity contribution in [1.82, 2.24) is 14.9 Å². The van der Waals surface area contributed by atoms with E-state index in [1.165, 1.54) is 18.5 Å². The van der Waals surface area contributed by atoms with E-state index in [0.29, 0.717) is 29.5 Å². The first-order valence-electron chi connectivity index (χ1n) is 7.76. The summed E-state index contributed by atoms with van der Waals surface area (Å²) >= 11 is 12.1. The number of aromatic nitrogens is 2. The average molecular weight is 422 g/mol. The summed E-state index contributed by atoms with van der Waals surface area (Å²) in [7, 11) is 1.80. The lowest BCUT2D eigenvalue weighted by Crippen LogP contribution is -2.23. The molecule has 0 saturated heterocycles. The first-order chi connectivity index (χ1) is 12.6. The third-order valence-electron chi connectivity index (χ3n) is 3.92. The van der Waals surface area contributed by atoms with Crippen molar-refractivity contribution in [3.8, 4) is 5.88 Å². The van der Waals surface area contributed by atoms with Gasteiger partial charge in [0.15, 0.2) is 12.9 Å². The van der Waals surface area contributed by atoms with Crippen molar-refractivity contribution in [3.05, 3.63) is 51.4 Å². The molecule has 0 radical (unpaired) electrons. The molecule has 0 saturated carbocycles. The third kappa shape index (κ3) is 5.79. The van der Waals surface area contributed by atoms with Crippen molar-refractivity contribution in [2.24, 2.45) is 0 Å². The molecule has 1 unspecified atom stereocenters. The van der Waals surface area contributed by atoms with Crippen LogP contribution in [0, 0.1) is 0 Å². The number of ether oxygens (including phenoxy) is 1. The SMILES string of the molecule is CC(c1cnc(OCC(F)(F)F)c(Cl)c1)N(C)Cc1c(C=O)ccnc1Cl. The van der Waals surface area contributed by atoms with Crippen molar-refractivity contribution < 1.29 is 22.7 Å². The van der Waals surface area contributed by atoms with E-state index in [1.54, 1.807) is 13.1 Å². The molecule has 0 spiro atoms. The molecule has 0 aromatic carbocycles. The fourth-order valence-corrected chi connectivity index (χ4v) is 2.77. The lowest BCUT2D eigenvalue weighted by atomic mass is 10.1. The first kappa shape index (κ1) is 21.4. The molecule has 2 aromatic heterocycles. The molecule has 0 aliphatic heterocycles. The van der Waals surface area contributed by atoms with E-state index in [0.717, 1.165) is 0 Å². The summed E-state index contributed by atoms with van der Waals surface area (Å²) in [5.74, 6) is -0.286. The van der Waals surface area contributed by atoms with Gasteiger partial charge in [-0.2, -0.15) is 13.2 Å². The first-order valence-corrected chi connectivity index (χ1v) is 8.51. The topological polar surface area (TPSA) is 55.3 Å². The molecule has 2 rings (SSSR count). The number of hydrogen-bond acceptors (Lipinski definition) is 5. The van der Waals surface area contributed by atoms with Gasteiger partial charge >= 0.3 is 6.18 Å². The van der Waals surface area contributed by atoms with E-state index in [9.17, 15) is 18.0 Å². The number of halogens is 5. The summed E-state index contributed by atoms with van der Waals surface area (Å²) in [5.41, 5.74) is 1.67. The summed E-state index contributed by atoms with van der Waals surface area (Å²) < 4.78 is 41.3. The molecular formula is C17H16Cl2F3N3O2. The largest absolute Gasteiger partial charge is 0.467 e. The van der Waals surface area contributed by atoms with E-state index < -0.39 is 12.8 Å². The van der Waals surface area contributed by atoms with Crippen LogP contribution in [0.25, 0.3) is 0 Å².